The molecule has 5 nitrogen and oxygen atoms in total. The van der Waals surface area contributed by atoms with Crippen molar-refractivity contribution < 1.29 is 18.4 Å². The van der Waals surface area contributed by atoms with Gasteiger partial charge < -0.3 is 4.90 Å². The summed E-state index contributed by atoms with van der Waals surface area (Å²) in [6, 6.07) is 0. The lowest BCUT2D eigenvalue weighted by atomic mass is 10.3. The third-order valence-corrected chi connectivity index (χ3v) is 5.17. The summed E-state index contributed by atoms with van der Waals surface area (Å²) in [6.07, 6.45) is 2.84. The minimum atomic E-state index is -4.18. The van der Waals surface area contributed by atoms with E-state index in [0.29, 0.717) is 29.3 Å². The Morgan fingerprint density at radius 1 is 1.50 bits per heavy atom. The van der Waals surface area contributed by atoms with Gasteiger partial charge in [-0.1, -0.05) is 23.8 Å². The number of hydrogen-bond donors (Lipinski definition) is 1. The number of thiocarbonyl (C=S) groups is 1. The van der Waals surface area contributed by atoms with Crippen molar-refractivity contribution in [2.75, 3.05) is 29.5 Å². The summed E-state index contributed by atoms with van der Waals surface area (Å²) < 4.78 is 38.2. The zero-order chi connectivity index (χ0) is 19.3. The molecule has 1 aliphatic heterocycles. The van der Waals surface area contributed by atoms with Crippen LogP contribution < -0.4 is 4.90 Å². The molecule has 2 heterocycles. The number of allylic oxidation sites excluding steroid dienone is 2. The predicted molar refractivity (Wildman–Crippen MR) is 103 cm³/mol. The van der Waals surface area contributed by atoms with Crippen molar-refractivity contribution in [3.05, 3.63) is 29.7 Å². The smallest absolute Gasteiger partial charge is 0.332 e. The van der Waals surface area contributed by atoms with E-state index in [1.54, 1.807) is 27.9 Å². The van der Waals surface area contributed by atoms with Gasteiger partial charge in [0.2, 0.25) is 0 Å². The summed E-state index contributed by atoms with van der Waals surface area (Å²) in [5.41, 5.74) is 1.30. The van der Waals surface area contributed by atoms with Crippen molar-refractivity contribution >= 4 is 52.0 Å². The molecule has 1 aliphatic rings. The number of hydroxylamine groups is 2. The summed E-state index contributed by atoms with van der Waals surface area (Å²) in [4.78, 5) is 2.26. The van der Waals surface area contributed by atoms with Crippen LogP contribution >= 0.6 is 35.6 Å². The van der Waals surface area contributed by atoms with Gasteiger partial charge in [-0.15, -0.1) is 0 Å². The van der Waals surface area contributed by atoms with Crippen LogP contribution in [0.25, 0.3) is 5.70 Å². The minimum absolute atomic E-state index is 0.233. The van der Waals surface area contributed by atoms with Crippen LogP contribution in [0.1, 0.15) is 13.3 Å². The molecule has 0 spiro atoms. The third kappa shape index (κ3) is 5.90. The molecule has 0 aromatic carbocycles. The summed E-state index contributed by atoms with van der Waals surface area (Å²) in [7, 11) is 0. The van der Waals surface area contributed by atoms with Crippen LogP contribution in [-0.2, 0) is 0 Å². The Kier molecular flexibility index (Phi) is 7.39. The first-order valence-electron chi connectivity index (χ1n) is 7.74. The summed E-state index contributed by atoms with van der Waals surface area (Å²) in [6.45, 7) is 2.64. The van der Waals surface area contributed by atoms with Crippen molar-refractivity contribution in [3.63, 3.8) is 0 Å². The molecule has 11 heteroatoms. The maximum Gasteiger partial charge on any atom is 0.397 e. The number of aromatic nitrogens is 2. The maximum absolute atomic E-state index is 12.2. The van der Waals surface area contributed by atoms with Crippen LogP contribution in [-0.4, -0.2) is 55.8 Å². The molecule has 0 amide bonds. The monoisotopic (exact) mass is 426 g/mol. The van der Waals surface area contributed by atoms with Crippen molar-refractivity contribution in [1.29, 1.82) is 0 Å². The molecule has 2 rings (SSSR count). The molecule has 0 fully saturated rings. The van der Waals surface area contributed by atoms with Gasteiger partial charge in [0, 0.05) is 19.2 Å². The molecular weight excluding hydrogens is 409 g/mol. The molecule has 26 heavy (non-hydrogen) atoms. The highest BCUT2D eigenvalue weighted by Crippen LogP contribution is 2.28. The Balaban J connectivity index is 2.04. The van der Waals surface area contributed by atoms with Crippen LogP contribution in [0.4, 0.5) is 18.9 Å². The van der Waals surface area contributed by atoms with E-state index in [0.717, 1.165) is 16.8 Å². The number of halogens is 4. The average Bonchev–Trinajstić information content (AvgIpc) is 2.93. The summed E-state index contributed by atoms with van der Waals surface area (Å²) in [5, 5.41) is 15.0. The van der Waals surface area contributed by atoms with E-state index in [-0.39, 0.29) is 17.5 Å². The lowest BCUT2D eigenvalue weighted by Crippen LogP contribution is -2.29. The molecule has 0 bridgehead atoms. The van der Waals surface area contributed by atoms with E-state index in [1.807, 2.05) is 6.92 Å². The van der Waals surface area contributed by atoms with Crippen LogP contribution in [0.15, 0.2) is 24.5 Å². The van der Waals surface area contributed by atoms with Gasteiger partial charge in [-0.05, 0) is 24.8 Å². The van der Waals surface area contributed by atoms with E-state index in [9.17, 15) is 18.4 Å². The SMILES string of the molecule is CCN(C(=S)CCSCC(F)(F)F)c1cn(C2=CC=CN(O)C2)nc1Cl. The second-order valence-electron chi connectivity index (χ2n) is 5.40. The number of rotatable bonds is 7. The Bertz CT molecular complexity index is 706. The van der Waals surface area contributed by atoms with Gasteiger partial charge in [0.25, 0.3) is 0 Å². The second kappa shape index (κ2) is 9.12. The Morgan fingerprint density at radius 3 is 2.85 bits per heavy atom. The molecule has 144 valence electrons. The van der Waals surface area contributed by atoms with Gasteiger partial charge in [0.05, 0.1) is 34.9 Å². The highest BCUT2D eigenvalue weighted by Gasteiger charge is 2.27. The Hall–Kier alpha value is -1.23. The molecule has 1 aromatic heterocycles. The Morgan fingerprint density at radius 2 is 2.23 bits per heavy atom. The van der Waals surface area contributed by atoms with Crippen molar-refractivity contribution in [2.24, 2.45) is 0 Å². The zero-order valence-electron chi connectivity index (χ0n) is 13.9. The van der Waals surface area contributed by atoms with Crippen molar-refractivity contribution in [2.45, 2.75) is 19.5 Å². The van der Waals surface area contributed by atoms with E-state index in [2.05, 4.69) is 5.10 Å². The molecular formula is C15H18ClF3N4OS2. The molecule has 0 radical (unpaired) electrons. The van der Waals surface area contributed by atoms with E-state index < -0.39 is 11.9 Å². The normalized spacial score (nSPS) is 14.5. The van der Waals surface area contributed by atoms with E-state index in [4.69, 9.17) is 23.8 Å². The number of nitrogens with zero attached hydrogens (tertiary/aromatic N) is 4. The fourth-order valence-corrected chi connectivity index (χ4v) is 3.71. The molecule has 0 atom stereocenters. The zero-order valence-corrected chi connectivity index (χ0v) is 16.3. The molecule has 1 aromatic rings. The van der Waals surface area contributed by atoms with Gasteiger partial charge in [-0.25, -0.2) is 4.68 Å². The first kappa shape index (κ1) is 21.1. The second-order valence-corrected chi connectivity index (χ2v) is 7.34. The predicted octanol–water partition coefficient (Wildman–Crippen LogP) is 4.44. The lowest BCUT2D eigenvalue weighted by molar-refractivity contribution is -0.105. The van der Waals surface area contributed by atoms with Gasteiger partial charge in [0.15, 0.2) is 5.15 Å². The molecule has 0 saturated carbocycles. The standard InChI is InChI=1S/C15H18ClF3N4OS2/c1-2-22(13(25)5-7-26-10-15(17,18)19)12-9-23(20-14(12)16)11-4-3-6-21(24)8-11/h3-4,6,9,24H,2,5,7-8,10H2,1H3. The van der Waals surface area contributed by atoms with Gasteiger partial charge >= 0.3 is 6.18 Å². The van der Waals surface area contributed by atoms with Crippen LogP contribution in [0.2, 0.25) is 5.15 Å². The van der Waals surface area contributed by atoms with E-state index >= 15 is 0 Å². The molecule has 0 saturated heterocycles. The number of anilines is 1. The number of thioether (sulfide) groups is 1. The van der Waals surface area contributed by atoms with Crippen molar-refractivity contribution in [3.8, 4) is 0 Å². The van der Waals surface area contributed by atoms with E-state index in [1.165, 1.54) is 6.20 Å². The fourth-order valence-electron chi connectivity index (χ4n) is 2.31. The highest BCUT2D eigenvalue weighted by molar-refractivity contribution is 7.99. The largest absolute Gasteiger partial charge is 0.397 e. The minimum Gasteiger partial charge on any atom is -0.332 e. The highest BCUT2D eigenvalue weighted by atomic mass is 35.5. The third-order valence-electron chi connectivity index (χ3n) is 3.45. The first-order valence-corrected chi connectivity index (χ1v) is 9.68. The quantitative estimate of drug-likeness (QED) is 0.514. The van der Waals surface area contributed by atoms with Crippen LogP contribution in [0.5, 0.6) is 0 Å². The first-order chi connectivity index (χ1) is 12.2. The molecule has 0 aliphatic carbocycles. The fraction of sp³-hybridized carbons (Fsp3) is 0.467. The van der Waals surface area contributed by atoms with Crippen LogP contribution in [0.3, 0.4) is 0 Å². The van der Waals surface area contributed by atoms with Gasteiger partial charge in [-0.3, -0.25) is 10.3 Å². The average molecular weight is 427 g/mol. The Labute approximate surface area is 164 Å². The topological polar surface area (TPSA) is 44.5 Å². The van der Waals surface area contributed by atoms with Gasteiger partial charge in [-0.2, -0.15) is 30.0 Å². The molecule has 0 unspecified atom stereocenters. The summed E-state index contributed by atoms with van der Waals surface area (Å²) in [5.74, 6) is -0.615. The van der Waals surface area contributed by atoms with Gasteiger partial charge in [0.1, 0.15) is 0 Å². The van der Waals surface area contributed by atoms with Crippen molar-refractivity contribution in [1.82, 2.24) is 14.8 Å². The summed E-state index contributed by atoms with van der Waals surface area (Å²) >= 11 is 12.4. The molecule has 1 N–H and O–H groups in total. The lowest BCUT2D eigenvalue weighted by Gasteiger charge is -2.22. The maximum atomic E-state index is 12.2. The number of alkyl halides is 3. The van der Waals surface area contributed by atoms with Crippen LogP contribution in [0, 0.1) is 0 Å². The number of hydrogen-bond acceptors (Lipinski definition) is 5.